The highest BCUT2D eigenvalue weighted by Gasteiger charge is 2.32. The Morgan fingerprint density at radius 1 is 1.15 bits per heavy atom. The van der Waals surface area contributed by atoms with Gasteiger partial charge in [-0.25, -0.2) is 4.79 Å². The highest BCUT2D eigenvalue weighted by Crippen LogP contribution is 2.31. The second kappa shape index (κ2) is 9.24. The molecule has 1 aromatic rings. The second-order valence-corrected chi connectivity index (χ2v) is 7.26. The molecular weight excluding hydrogens is 352 g/mol. The van der Waals surface area contributed by atoms with E-state index in [1.807, 2.05) is 31.2 Å². The summed E-state index contributed by atoms with van der Waals surface area (Å²) in [5, 5.41) is 8.82. The highest BCUT2D eigenvalue weighted by molar-refractivity contribution is 5.89. The molecule has 0 aliphatic heterocycles. The van der Waals surface area contributed by atoms with Crippen LogP contribution in [0.3, 0.4) is 0 Å². The van der Waals surface area contributed by atoms with Crippen LogP contribution in [0.4, 0.5) is 10.5 Å². The summed E-state index contributed by atoms with van der Waals surface area (Å²) in [4.78, 5) is 24.2. The standard InChI is InChI=1S/C19H28N4O2.ClH/c1-12(21-18(24)17-4-2-3-14(17)11-20)13-5-7-15(8-6-13)22-19(25)23-16-9-10-16;/h5-8,12,14,16-17H,2-4,9-11,20H2,1H3,(H,21,24)(H2,22,23,25);1H/t12?,14-,17-;/m1./s1. The fourth-order valence-corrected chi connectivity index (χ4v) is 3.50. The summed E-state index contributed by atoms with van der Waals surface area (Å²) in [6.07, 6.45) is 5.19. The monoisotopic (exact) mass is 380 g/mol. The first kappa shape index (κ1) is 20.5. The fourth-order valence-electron chi connectivity index (χ4n) is 3.50. The average Bonchev–Trinajstić information content (AvgIpc) is 3.27. The van der Waals surface area contributed by atoms with E-state index in [-0.39, 0.29) is 36.3 Å². The normalized spacial score (nSPS) is 22.8. The molecule has 144 valence electrons. The van der Waals surface area contributed by atoms with Crippen LogP contribution in [0.25, 0.3) is 0 Å². The quantitative estimate of drug-likeness (QED) is 0.610. The van der Waals surface area contributed by atoms with Gasteiger partial charge in [0.15, 0.2) is 0 Å². The van der Waals surface area contributed by atoms with Gasteiger partial charge in [-0.3, -0.25) is 4.79 Å². The largest absolute Gasteiger partial charge is 0.349 e. The lowest BCUT2D eigenvalue weighted by Crippen LogP contribution is -2.36. The van der Waals surface area contributed by atoms with Crippen LogP contribution in [0.15, 0.2) is 24.3 Å². The minimum atomic E-state index is -0.161. The zero-order valence-electron chi connectivity index (χ0n) is 15.2. The van der Waals surface area contributed by atoms with Gasteiger partial charge in [-0.1, -0.05) is 18.6 Å². The minimum absolute atomic E-state index is 0. The maximum atomic E-state index is 12.5. The van der Waals surface area contributed by atoms with Crippen molar-refractivity contribution in [1.82, 2.24) is 10.6 Å². The van der Waals surface area contributed by atoms with Crippen LogP contribution in [0.5, 0.6) is 0 Å². The van der Waals surface area contributed by atoms with E-state index in [9.17, 15) is 9.59 Å². The zero-order valence-corrected chi connectivity index (χ0v) is 16.0. The van der Waals surface area contributed by atoms with E-state index in [4.69, 9.17) is 5.73 Å². The maximum Gasteiger partial charge on any atom is 0.319 e. The molecule has 2 aliphatic rings. The summed E-state index contributed by atoms with van der Waals surface area (Å²) in [5.74, 6) is 0.453. The van der Waals surface area contributed by atoms with Crippen LogP contribution in [-0.2, 0) is 4.79 Å². The summed E-state index contributed by atoms with van der Waals surface area (Å²) in [6, 6.07) is 7.71. The van der Waals surface area contributed by atoms with Crippen molar-refractivity contribution in [2.45, 2.75) is 51.1 Å². The average molecular weight is 381 g/mol. The van der Waals surface area contributed by atoms with Gasteiger partial charge in [0.25, 0.3) is 0 Å². The van der Waals surface area contributed by atoms with Gasteiger partial charge >= 0.3 is 6.03 Å². The molecule has 3 rings (SSSR count). The van der Waals surface area contributed by atoms with Crippen LogP contribution in [0.2, 0.25) is 0 Å². The Morgan fingerprint density at radius 3 is 2.46 bits per heavy atom. The molecule has 0 saturated heterocycles. The van der Waals surface area contributed by atoms with E-state index >= 15 is 0 Å². The number of nitrogens with one attached hydrogen (secondary N) is 3. The highest BCUT2D eigenvalue weighted by atomic mass is 35.5. The Labute approximate surface area is 161 Å². The van der Waals surface area contributed by atoms with Crippen LogP contribution >= 0.6 is 12.4 Å². The topological polar surface area (TPSA) is 96.2 Å². The van der Waals surface area contributed by atoms with E-state index in [0.717, 1.165) is 43.4 Å². The first-order valence-electron chi connectivity index (χ1n) is 9.24. The summed E-state index contributed by atoms with van der Waals surface area (Å²) in [5.41, 5.74) is 7.54. The molecule has 0 heterocycles. The number of nitrogens with two attached hydrogens (primary N) is 1. The van der Waals surface area contributed by atoms with Gasteiger partial charge in [-0.2, -0.15) is 0 Å². The molecule has 3 atom stereocenters. The number of hydrogen-bond acceptors (Lipinski definition) is 3. The van der Waals surface area contributed by atoms with E-state index < -0.39 is 0 Å². The van der Waals surface area contributed by atoms with Gasteiger partial charge in [0, 0.05) is 17.6 Å². The molecule has 3 amide bonds. The number of rotatable bonds is 6. The summed E-state index contributed by atoms with van der Waals surface area (Å²) in [6.45, 7) is 2.56. The molecule has 0 bridgehead atoms. The van der Waals surface area contributed by atoms with Crippen LogP contribution < -0.4 is 21.7 Å². The fraction of sp³-hybridized carbons (Fsp3) is 0.579. The smallest absolute Gasteiger partial charge is 0.319 e. The molecule has 0 radical (unpaired) electrons. The summed E-state index contributed by atoms with van der Waals surface area (Å²) < 4.78 is 0. The Kier molecular flexibility index (Phi) is 7.29. The van der Waals surface area contributed by atoms with Crippen molar-refractivity contribution in [2.75, 3.05) is 11.9 Å². The summed E-state index contributed by atoms with van der Waals surface area (Å²) >= 11 is 0. The Hall–Kier alpha value is -1.79. The van der Waals surface area contributed by atoms with Crippen molar-refractivity contribution in [2.24, 2.45) is 17.6 Å². The molecule has 5 N–H and O–H groups in total. The van der Waals surface area contributed by atoms with Crippen molar-refractivity contribution in [3.63, 3.8) is 0 Å². The van der Waals surface area contributed by atoms with Crippen LogP contribution in [0.1, 0.15) is 50.6 Å². The third-order valence-corrected chi connectivity index (χ3v) is 5.24. The van der Waals surface area contributed by atoms with Gasteiger partial charge in [0.2, 0.25) is 5.91 Å². The maximum absolute atomic E-state index is 12.5. The lowest BCUT2D eigenvalue weighted by Gasteiger charge is -2.21. The SMILES string of the molecule is CC(NC(=O)[C@@H]1CCC[C@@H]1CN)c1ccc(NC(=O)NC2CC2)cc1.Cl. The van der Waals surface area contributed by atoms with Crippen molar-refractivity contribution in [3.8, 4) is 0 Å². The van der Waals surface area contributed by atoms with E-state index in [2.05, 4.69) is 16.0 Å². The van der Waals surface area contributed by atoms with E-state index in [0.29, 0.717) is 18.5 Å². The Morgan fingerprint density at radius 2 is 1.85 bits per heavy atom. The predicted molar refractivity (Wildman–Crippen MR) is 105 cm³/mol. The first-order chi connectivity index (χ1) is 12.1. The number of carbonyl (C=O) groups is 2. The molecule has 0 spiro atoms. The van der Waals surface area contributed by atoms with Gasteiger partial charge < -0.3 is 21.7 Å². The molecule has 1 unspecified atom stereocenters. The van der Waals surface area contributed by atoms with Gasteiger partial charge in [-0.05, 0) is 62.8 Å². The number of benzene rings is 1. The molecule has 26 heavy (non-hydrogen) atoms. The van der Waals surface area contributed by atoms with Crippen molar-refractivity contribution in [1.29, 1.82) is 0 Å². The molecule has 0 aromatic heterocycles. The third kappa shape index (κ3) is 5.35. The summed E-state index contributed by atoms with van der Waals surface area (Å²) in [7, 11) is 0. The molecule has 1 aromatic carbocycles. The minimum Gasteiger partial charge on any atom is -0.349 e. The second-order valence-electron chi connectivity index (χ2n) is 7.26. The molecule has 7 heteroatoms. The number of amides is 3. The van der Waals surface area contributed by atoms with Crippen LogP contribution in [-0.4, -0.2) is 24.5 Å². The zero-order chi connectivity index (χ0) is 17.8. The van der Waals surface area contributed by atoms with Gasteiger partial charge in [0.05, 0.1) is 6.04 Å². The number of hydrogen-bond donors (Lipinski definition) is 4. The molecular formula is C19H29ClN4O2. The lowest BCUT2D eigenvalue weighted by atomic mass is 9.94. The molecule has 2 fully saturated rings. The van der Waals surface area contributed by atoms with Crippen LogP contribution in [0, 0.1) is 11.8 Å². The molecule has 2 aliphatic carbocycles. The van der Waals surface area contributed by atoms with E-state index in [1.54, 1.807) is 0 Å². The Bertz CT molecular complexity index is 618. The number of halogens is 1. The lowest BCUT2D eigenvalue weighted by molar-refractivity contribution is -0.126. The van der Waals surface area contributed by atoms with Crippen molar-refractivity contribution >= 4 is 30.0 Å². The third-order valence-electron chi connectivity index (χ3n) is 5.24. The molecule has 2 saturated carbocycles. The van der Waals surface area contributed by atoms with Crippen molar-refractivity contribution in [3.05, 3.63) is 29.8 Å². The molecule has 6 nitrogen and oxygen atoms in total. The Balaban J connectivity index is 0.00000243. The first-order valence-corrected chi connectivity index (χ1v) is 9.24. The van der Waals surface area contributed by atoms with Gasteiger partial charge in [0.1, 0.15) is 0 Å². The van der Waals surface area contributed by atoms with E-state index in [1.165, 1.54) is 0 Å². The van der Waals surface area contributed by atoms with Crippen molar-refractivity contribution < 1.29 is 9.59 Å². The number of carbonyl (C=O) groups excluding carboxylic acids is 2. The number of anilines is 1. The predicted octanol–water partition coefficient (Wildman–Crippen LogP) is 2.94. The number of urea groups is 1. The van der Waals surface area contributed by atoms with Gasteiger partial charge in [-0.15, -0.1) is 12.4 Å².